The van der Waals surface area contributed by atoms with Gasteiger partial charge in [-0.15, -0.1) is 0 Å². The minimum absolute atomic E-state index is 0.0645. The standard InChI is InChI=1S/C18H24N2O2/c1-4-19-15(3)20-8-9-22-13-18(11-17(18)12-21)16-7-5-6-14(2)10-16/h5-8,10,12,17H,4,9,11,13H2,1-3H3. The van der Waals surface area contributed by atoms with Gasteiger partial charge in [0.1, 0.15) is 12.1 Å². The molecule has 4 heteroatoms. The predicted octanol–water partition coefficient (Wildman–Crippen LogP) is 2.98. The Morgan fingerprint density at radius 2 is 2.32 bits per heavy atom. The molecule has 0 aromatic heterocycles. The van der Waals surface area contributed by atoms with Crippen LogP contribution in [-0.4, -0.2) is 38.1 Å². The molecule has 1 fully saturated rings. The molecular formula is C18H24N2O2. The number of aldehydes is 1. The molecule has 0 spiro atoms. The van der Waals surface area contributed by atoms with E-state index in [1.165, 1.54) is 11.1 Å². The summed E-state index contributed by atoms with van der Waals surface area (Å²) in [5.74, 6) is 0.825. The van der Waals surface area contributed by atoms with Crippen molar-refractivity contribution < 1.29 is 9.53 Å². The van der Waals surface area contributed by atoms with E-state index in [2.05, 4.69) is 35.1 Å². The molecule has 1 aliphatic rings. The molecule has 2 unspecified atom stereocenters. The number of rotatable bonds is 7. The number of amidine groups is 1. The Morgan fingerprint density at radius 3 is 2.95 bits per heavy atom. The van der Waals surface area contributed by atoms with Crippen molar-refractivity contribution in [3.63, 3.8) is 0 Å². The lowest BCUT2D eigenvalue weighted by Crippen LogP contribution is -2.20. The van der Waals surface area contributed by atoms with Gasteiger partial charge in [-0.2, -0.15) is 0 Å². The van der Waals surface area contributed by atoms with E-state index >= 15 is 0 Å². The highest BCUT2D eigenvalue weighted by Gasteiger charge is 2.55. The summed E-state index contributed by atoms with van der Waals surface area (Å²) < 4.78 is 5.75. The number of hydrogen-bond acceptors (Lipinski definition) is 3. The second-order valence-electron chi connectivity index (χ2n) is 5.82. The van der Waals surface area contributed by atoms with Crippen molar-refractivity contribution >= 4 is 18.3 Å². The molecular weight excluding hydrogens is 276 g/mol. The maximum Gasteiger partial charge on any atom is 0.124 e. The summed E-state index contributed by atoms with van der Waals surface area (Å²) in [5, 5.41) is 0. The van der Waals surface area contributed by atoms with Crippen LogP contribution in [0.5, 0.6) is 0 Å². The fraction of sp³-hybridized carbons (Fsp3) is 0.500. The molecule has 1 saturated carbocycles. The van der Waals surface area contributed by atoms with Crippen LogP contribution in [-0.2, 0) is 14.9 Å². The SMILES string of the molecule is CCN=C(C)N=CCOCC1(c2cccc(C)c2)CC1C=O. The second-order valence-corrected chi connectivity index (χ2v) is 5.82. The number of benzene rings is 1. The predicted molar refractivity (Wildman–Crippen MR) is 90.0 cm³/mol. The minimum atomic E-state index is -0.145. The van der Waals surface area contributed by atoms with Crippen LogP contribution in [0.15, 0.2) is 34.3 Å². The average molecular weight is 300 g/mol. The molecule has 0 heterocycles. The van der Waals surface area contributed by atoms with Gasteiger partial charge in [0.15, 0.2) is 0 Å². The first kappa shape index (κ1) is 16.6. The van der Waals surface area contributed by atoms with Gasteiger partial charge in [-0.1, -0.05) is 29.8 Å². The fourth-order valence-electron chi connectivity index (χ4n) is 2.78. The number of hydrogen-bond donors (Lipinski definition) is 0. The number of ether oxygens (including phenoxy) is 1. The van der Waals surface area contributed by atoms with E-state index in [9.17, 15) is 4.79 Å². The lowest BCUT2D eigenvalue weighted by atomic mass is 9.93. The maximum atomic E-state index is 11.2. The van der Waals surface area contributed by atoms with E-state index in [1.54, 1.807) is 6.21 Å². The van der Waals surface area contributed by atoms with E-state index in [-0.39, 0.29) is 11.3 Å². The Labute approximate surface area is 132 Å². The van der Waals surface area contributed by atoms with Crippen LogP contribution in [0.1, 0.15) is 31.4 Å². The van der Waals surface area contributed by atoms with Crippen LogP contribution in [0.25, 0.3) is 0 Å². The molecule has 0 amide bonds. The molecule has 0 saturated heterocycles. The number of aliphatic imine (C=N–C) groups is 2. The summed E-state index contributed by atoms with van der Waals surface area (Å²) in [5.41, 5.74) is 2.26. The lowest BCUT2D eigenvalue weighted by molar-refractivity contribution is -0.109. The molecule has 0 bridgehead atoms. The van der Waals surface area contributed by atoms with E-state index in [1.807, 2.05) is 19.9 Å². The Balaban J connectivity index is 1.94. The van der Waals surface area contributed by atoms with Gasteiger partial charge in [0.05, 0.1) is 13.2 Å². The molecule has 0 N–H and O–H groups in total. The summed E-state index contributed by atoms with van der Waals surface area (Å²) in [4.78, 5) is 19.6. The highest BCUT2D eigenvalue weighted by molar-refractivity contribution is 5.87. The number of carbonyl (C=O) groups excluding carboxylic acids is 1. The van der Waals surface area contributed by atoms with Crippen LogP contribution in [0.4, 0.5) is 0 Å². The quantitative estimate of drug-likeness (QED) is 0.336. The van der Waals surface area contributed by atoms with Crippen molar-refractivity contribution in [2.75, 3.05) is 19.8 Å². The number of carbonyl (C=O) groups is 1. The lowest BCUT2D eigenvalue weighted by Gasteiger charge is -2.17. The highest BCUT2D eigenvalue weighted by Crippen LogP contribution is 2.53. The third-order valence-corrected chi connectivity index (χ3v) is 4.11. The van der Waals surface area contributed by atoms with Crippen molar-refractivity contribution in [2.45, 2.75) is 32.6 Å². The van der Waals surface area contributed by atoms with Crippen LogP contribution < -0.4 is 0 Å². The first-order valence-corrected chi connectivity index (χ1v) is 7.76. The Hall–Kier alpha value is -1.81. The Bertz CT molecular complexity index is 580. The normalized spacial score (nSPS) is 24.7. The van der Waals surface area contributed by atoms with Crippen LogP contribution in [0.2, 0.25) is 0 Å². The average Bonchev–Trinajstić information content (AvgIpc) is 3.22. The monoisotopic (exact) mass is 300 g/mol. The summed E-state index contributed by atoms with van der Waals surface area (Å²) in [7, 11) is 0. The topological polar surface area (TPSA) is 51.0 Å². The van der Waals surface area contributed by atoms with Crippen molar-refractivity contribution in [2.24, 2.45) is 15.9 Å². The first-order chi connectivity index (χ1) is 10.6. The van der Waals surface area contributed by atoms with Crippen molar-refractivity contribution in [1.82, 2.24) is 0 Å². The third-order valence-electron chi connectivity index (χ3n) is 4.11. The fourth-order valence-corrected chi connectivity index (χ4v) is 2.78. The minimum Gasteiger partial charge on any atom is -0.375 e. The molecule has 4 nitrogen and oxygen atoms in total. The van der Waals surface area contributed by atoms with Gasteiger partial charge in [-0.3, -0.25) is 4.99 Å². The summed E-state index contributed by atoms with van der Waals surface area (Å²) in [6.07, 6.45) is 3.65. The van der Waals surface area contributed by atoms with Gasteiger partial charge in [0, 0.05) is 24.1 Å². The summed E-state index contributed by atoms with van der Waals surface area (Å²) in [6.45, 7) is 7.65. The van der Waals surface area contributed by atoms with Gasteiger partial charge in [0.25, 0.3) is 0 Å². The van der Waals surface area contributed by atoms with E-state index < -0.39 is 0 Å². The van der Waals surface area contributed by atoms with Gasteiger partial charge in [-0.05, 0) is 32.8 Å². The number of nitrogens with zero attached hydrogens (tertiary/aromatic N) is 2. The Kier molecular flexibility index (Phi) is 5.61. The second kappa shape index (κ2) is 7.45. The van der Waals surface area contributed by atoms with Gasteiger partial charge >= 0.3 is 0 Å². The van der Waals surface area contributed by atoms with Crippen LogP contribution >= 0.6 is 0 Å². The molecule has 22 heavy (non-hydrogen) atoms. The third kappa shape index (κ3) is 3.89. The molecule has 0 radical (unpaired) electrons. The maximum absolute atomic E-state index is 11.2. The van der Waals surface area contributed by atoms with Crippen LogP contribution in [0.3, 0.4) is 0 Å². The molecule has 2 atom stereocenters. The van der Waals surface area contributed by atoms with Gasteiger partial charge < -0.3 is 9.53 Å². The zero-order chi connectivity index (χ0) is 16.0. The van der Waals surface area contributed by atoms with E-state index in [0.29, 0.717) is 13.2 Å². The molecule has 1 aromatic rings. The van der Waals surface area contributed by atoms with Gasteiger partial charge in [0.2, 0.25) is 0 Å². The van der Waals surface area contributed by atoms with E-state index in [0.717, 1.165) is 25.1 Å². The zero-order valence-corrected chi connectivity index (χ0v) is 13.6. The molecule has 118 valence electrons. The Morgan fingerprint density at radius 1 is 1.50 bits per heavy atom. The van der Waals surface area contributed by atoms with E-state index in [4.69, 9.17) is 4.74 Å². The van der Waals surface area contributed by atoms with Crippen molar-refractivity contribution in [1.29, 1.82) is 0 Å². The van der Waals surface area contributed by atoms with Gasteiger partial charge in [-0.25, -0.2) is 4.99 Å². The summed E-state index contributed by atoms with van der Waals surface area (Å²) >= 11 is 0. The molecule has 0 aliphatic heterocycles. The molecule has 1 aromatic carbocycles. The van der Waals surface area contributed by atoms with Crippen molar-refractivity contribution in [3.05, 3.63) is 35.4 Å². The summed E-state index contributed by atoms with van der Waals surface area (Å²) in [6, 6.07) is 8.35. The molecule has 1 aliphatic carbocycles. The number of aryl methyl sites for hydroxylation is 1. The smallest absolute Gasteiger partial charge is 0.124 e. The van der Waals surface area contributed by atoms with Crippen molar-refractivity contribution in [3.8, 4) is 0 Å². The van der Waals surface area contributed by atoms with Crippen LogP contribution in [0, 0.1) is 12.8 Å². The highest BCUT2D eigenvalue weighted by atomic mass is 16.5. The largest absolute Gasteiger partial charge is 0.375 e. The zero-order valence-electron chi connectivity index (χ0n) is 13.6. The molecule has 2 rings (SSSR count). The first-order valence-electron chi connectivity index (χ1n) is 7.76.